The molecule has 0 bridgehead atoms. The molecule has 4 rings (SSSR count). The van der Waals surface area contributed by atoms with Crippen molar-refractivity contribution in [2.45, 2.75) is 25.3 Å². The van der Waals surface area contributed by atoms with Gasteiger partial charge in [-0.1, -0.05) is 0 Å². The molecule has 5 nitrogen and oxygen atoms in total. The summed E-state index contributed by atoms with van der Waals surface area (Å²) in [6.45, 7) is 3.18. The Morgan fingerprint density at radius 3 is 3.29 bits per heavy atom. The summed E-state index contributed by atoms with van der Waals surface area (Å²) >= 11 is 1.73. The van der Waals surface area contributed by atoms with Crippen LogP contribution in [0, 0.1) is 0 Å². The van der Waals surface area contributed by atoms with Crippen LogP contribution in [0.25, 0.3) is 11.0 Å². The van der Waals surface area contributed by atoms with Crippen LogP contribution in [0.5, 0.6) is 0 Å². The second kappa shape index (κ2) is 5.54. The zero-order chi connectivity index (χ0) is 14.1. The first kappa shape index (κ1) is 12.9. The predicted molar refractivity (Wildman–Crippen MR) is 83.3 cm³/mol. The van der Waals surface area contributed by atoms with Crippen molar-refractivity contribution in [2.75, 3.05) is 13.1 Å². The topological polar surface area (TPSA) is 57.7 Å². The van der Waals surface area contributed by atoms with E-state index >= 15 is 0 Å². The van der Waals surface area contributed by atoms with Crippen molar-refractivity contribution >= 4 is 22.4 Å². The van der Waals surface area contributed by atoms with E-state index in [1.54, 1.807) is 11.3 Å². The van der Waals surface area contributed by atoms with E-state index in [-0.39, 0.29) is 0 Å². The normalized spacial score (nSPS) is 20.1. The lowest BCUT2D eigenvalue weighted by molar-refractivity contribution is 0.198. The number of hydrogen-bond donors (Lipinski definition) is 1. The zero-order valence-corrected chi connectivity index (χ0v) is 12.5. The van der Waals surface area contributed by atoms with Crippen LogP contribution >= 0.6 is 11.3 Å². The number of H-pyrrole nitrogens is 1. The SMILES string of the molecule is c1csc(CN2CCCC(c3ccc4cn[nH]c4n3)C2)n1. The second-order valence-electron chi connectivity index (χ2n) is 5.54. The maximum atomic E-state index is 4.73. The number of aromatic nitrogens is 4. The molecule has 1 saturated heterocycles. The number of fused-ring (bicyclic) bond motifs is 1. The largest absolute Gasteiger partial charge is 0.296 e. The molecule has 1 N–H and O–H groups in total. The predicted octanol–water partition coefficient (Wildman–Crippen LogP) is 2.79. The van der Waals surface area contributed by atoms with E-state index in [1.807, 2.05) is 17.8 Å². The number of hydrogen-bond acceptors (Lipinski definition) is 5. The van der Waals surface area contributed by atoms with E-state index in [0.717, 1.165) is 30.7 Å². The minimum absolute atomic E-state index is 0.506. The maximum Gasteiger partial charge on any atom is 0.155 e. The average molecular weight is 299 g/mol. The van der Waals surface area contributed by atoms with Crippen LogP contribution in [-0.4, -0.2) is 38.2 Å². The maximum absolute atomic E-state index is 4.73. The van der Waals surface area contributed by atoms with Crippen molar-refractivity contribution in [3.05, 3.63) is 40.6 Å². The minimum Gasteiger partial charge on any atom is -0.296 e. The second-order valence-corrected chi connectivity index (χ2v) is 6.52. The van der Waals surface area contributed by atoms with Crippen LogP contribution < -0.4 is 0 Å². The summed E-state index contributed by atoms with van der Waals surface area (Å²) in [5, 5.41) is 11.3. The molecule has 0 saturated carbocycles. The number of thiazole rings is 1. The van der Waals surface area contributed by atoms with Gasteiger partial charge in [0, 0.05) is 35.1 Å². The lowest BCUT2D eigenvalue weighted by Crippen LogP contribution is -2.34. The third kappa shape index (κ3) is 2.69. The molecule has 1 atom stereocenters. The highest BCUT2D eigenvalue weighted by Gasteiger charge is 2.23. The minimum atomic E-state index is 0.506. The Morgan fingerprint density at radius 2 is 2.38 bits per heavy atom. The van der Waals surface area contributed by atoms with Crippen LogP contribution in [-0.2, 0) is 6.54 Å². The average Bonchev–Trinajstić information content (AvgIpc) is 3.17. The van der Waals surface area contributed by atoms with Gasteiger partial charge in [0.05, 0.1) is 12.7 Å². The van der Waals surface area contributed by atoms with E-state index in [9.17, 15) is 0 Å². The lowest BCUT2D eigenvalue weighted by Gasteiger charge is -2.31. The Morgan fingerprint density at radius 1 is 1.38 bits per heavy atom. The number of pyridine rings is 1. The molecule has 1 aliphatic rings. The first-order valence-electron chi connectivity index (χ1n) is 7.29. The highest BCUT2D eigenvalue weighted by atomic mass is 32.1. The quantitative estimate of drug-likeness (QED) is 0.808. The molecule has 0 amide bonds. The Hall–Kier alpha value is -1.79. The van der Waals surface area contributed by atoms with Gasteiger partial charge in [-0.3, -0.25) is 10.00 Å². The van der Waals surface area contributed by atoms with Crippen molar-refractivity contribution < 1.29 is 0 Å². The van der Waals surface area contributed by atoms with Crippen molar-refractivity contribution in [1.29, 1.82) is 0 Å². The van der Waals surface area contributed by atoms with Gasteiger partial charge in [-0.25, -0.2) is 9.97 Å². The van der Waals surface area contributed by atoms with E-state index in [2.05, 4.69) is 32.2 Å². The molecule has 1 fully saturated rings. The molecule has 3 aromatic heterocycles. The number of rotatable bonds is 3. The van der Waals surface area contributed by atoms with Gasteiger partial charge >= 0.3 is 0 Å². The third-order valence-corrected chi connectivity index (χ3v) is 4.85. The van der Waals surface area contributed by atoms with Crippen molar-refractivity contribution in [3.8, 4) is 0 Å². The Balaban J connectivity index is 1.51. The highest BCUT2D eigenvalue weighted by molar-refractivity contribution is 7.09. The molecule has 3 aromatic rings. The molecule has 1 aliphatic heterocycles. The summed E-state index contributed by atoms with van der Waals surface area (Å²) in [5.74, 6) is 0.506. The molecule has 1 unspecified atom stereocenters. The highest BCUT2D eigenvalue weighted by Crippen LogP contribution is 2.27. The van der Waals surface area contributed by atoms with E-state index < -0.39 is 0 Å². The molecule has 6 heteroatoms. The molecule has 4 heterocycles. The Labute approximate surface area is 127 Å². The molecule has 0 aliphatic carbocycles. The molecule has 21 heavy (non-hydrogen) atoms. The summed E-state index contributed by atoms with van der Waals surface area (Å²) < 4.78 is 0. The van der Waals surface area contributed by atoms with Crippen LogP contribution in [0.1, 0.15) is 29.5 Å². The summed E-state index contributed by atoms with van der Waals surface area (Å²) in [7, 11) is 0. The summed E-state index contributed by atoms with van der Waals surface area (Å²) in [6, 6.07) is 4.26. The standard InChI is InChI=1S/C15H17N5S/c1-2-12(9-20(6-1)10-14-16-5-7-21-14)13-4-3-11-8-17-19-15(11)18-13/h3-5,7-8,12H,1-2,6,9-10H2,(H,17,18,19). The first-order chi connectivity index (χ1) is 10.4. The fourth-order valence-corrected chi connectivity index (χ4v) is 3.69. The fraction of sp³-hybridized carbons (Fsp3) is 0.400. The molecular formula is C15H17N5S. The first-order valence-corrected chi connectivity index (χ1v) is 8.17. The lowest BCUT2D eigenvalue weighted by atomic mass is 9.94. The van der Waals surface area contributed by atoms with E-state index in [1.165, 1.54) is 23.5 Å². The van der Waals surface area contributed by atoms with Gasteiger partial charge in [0.2, 0.25) is 0 Å². The number of nitrogens with zero attached hydrogens (tertiary/aromatic N) is 4. The zero-order valence-electron chi connectivity index (χ0n) is 11.7. The van der Waals surface area contributed by atoms with Gasteiger partial charge in [-0.15, -0.1) is 11.3 Å². The van der Waals surface area contributed by atoms with Gasteiger partial charge in [0.1, 0.15) is 5.01 Å². The van der Waals surface area contributed by atoms with Crippen LogP contribution in [0.3, 0.4) is 0 Å². The summed E-state index contributed by atoms with van der Waals surface area (Å²) in [4.78, 5) is 11.6. The van der Waals surface area contributed by atoms with E-state index in [4.69, 9.17) is 4.98 Å². The van der Waals surface area contributed by atoms with Crippen molar-refractivity contribution in [2.24, 2.45) is 0 Å². The van der Waals surface area contributed by atoms with Crippen LogP contribution in [0.4, 0.5) is 0 Å². The van der Waals surface area contributed by atoms with Crippen molar-refractivity contribution in [3.63, 3.8) is 0 Å². The molecule has 0 aromatic carbocycles. The van der Waals surface area contributed by atoms with Gasteiger partial charge in [0.15, 0.2) is 5.65 Å². The fourth-order valence-electron chi connectivity index (χ4n) is 3.03. The summed E-state index contributed by atoms with van der Waals surface area (Å²) in [6.07, 6.45) is 6.14. The smallest absolute Gasteiger partial charge is 0.155 e. The van der Waals surface area contributed by atoms with Gasteiger partial charge in [0.25, 0.3) is 0 Å². The summed E-state index contributed by atoms with van der Waals surface area (Å²) in [5.41, 5.74) is 2.07. The van der Waals surface area contributed by atoms with Crippen LogP contribution in [0.2, 0.25) is 0 Å². The number of piperidine rings is 1. The van der Waals surface area contributed by atoms with Crippen LogP contribution in [0.15, 0.2) is 29.9 Å². The Bertz CT molecular complexity index is 721. The molecule has 0 spiro atoms. The van der Waals surface area contributed by atoms with Gasteiger partial charge in [-0.2, -0.15) is 5.10 Å². The Kier molecular flexibility index (Phi) is 3.40. The number of likely N-dealkylation sites (tertiary alicyclic amines) is 1. The van der Waals surface area contributed by atoms with E-state index in [0.29, 0.717) is 5.92 Å². The number of nitrogens with one attached hydrogen (secondary N) is 1. The van der Waals surface area contributed by atoms with Crippen molar-refractivity contribution in [1.82, 2.24) is 25.1 Å². The van der Waals surface area contributed by atoms with Gasteiger partial charge in [-0.05, 0) is 31.5 Å². The number of aromatic amines is 1. The molecule has 0 radical (unpaired) electrons. The van der Waals surface area contributed by atoms with Gasteiger partial charge < -0.3 is 0 Å². The molecule has 108 valence electrons. The molecular weight excluding hydrogens is 282 g/mol. The third-order valence-electron chi connectivity index (χ3n) is 4.09. The monoisotopic (exact) mass is 299 g/mol.